The van der Waals surface area contributed by atoms with Crippen molar-refractivity contribution in [1.82, 2.24) is 15.1 Å². The Balaban J connectivity index is 1.76. The molecule has 2 saturated carbocycles. The zero-order valence-corrected chi connectivity index (χ0v) is 11.1. The highest BCUT2D eigenvalue weighted by molar-refractivity contribution is 6.08. The molecular formula is C13H19N3O3. The molecule has 0 unspecified atom stereocenters. The van der Waals surface area contributed by atoms with Crippen molar-refractivity contribution in [2.24, 2.45) is 0 Å². The maximum Gasteiger partial charge on any atom is 0.325 e. The van der Waals surface area contributed by atoms with Gasteiger partial charge < -0.3 is 9.80 Å². The maximum absolute atomic E-state index is 12.2. The number of carbonyl (C=O) groups excluding carboxylic acids is 3. The number of urea groups is 1. The van der Waals surface area contributed by atoms with Gasteiger partial charge in [0.2, 0.25) is 5.91 Å². The van der Waals surface area contributed by atoms with Crippen LogP contribution in [-0.2, 0) is 9.59 Å². The first-order chi connectivity index (χ1) is 9.04. The van der Waals surface area contributed by atoms with Crippen molar-refractivity contribution in [2.75, 3.05) is 13.6 Å². The normalized spacial score (nSPS) is 25.0. The zero-order chi connectivity index (χ0) is 13.6. The van der Waals surface area contributed by atoms with Crippen LogP contribution in [0.1, 0.15) is 38.5 Å². The Bertz CT molecular complexity index is 438. The number of hydrogen-bond donors (Lipinski definition) is 1. The van der Waals surface area contributed by atoms with Gasteiger partial charge in [-0.05, 0) is 25.7 Å². The van der Waals surface area contributed by atoms with E-state index < -0.39 is 11.6 Å². The van der Waals surface area contributed by atoms with Crippen molar-refractivity contribution in [2.45, 2.75) is 50.1 Å². The average Bonchev–Trinajstić information content (AvgIpc) is 3.07. The highest BCUT2D eigenvalue weighted by atomic mass is 16.2. The second-order valence-electron chi connectivity index (χ2n) is 5.82. The molecule has 1 N–H and O–H groups in total. The summed E-state index contributed by atoms with van der Waals surface area (Å²) in [6.45, 7) is 0.0184. The molecule has 1 spiro atoms. The van der Waals surface area contributed by atoms with Gasteiger partial charge in [0.05, 0.1) is 0 Å². The Kier molecular flexibility index (Phi) is 2.76. The van der Waals surface area contributed by atoms with Crippen molar-refractivity contribution in [3.63, 3.8) is 0 Å². The number of hydrogen-bond acceptors (Lipinski definition) is 3. The highest BCUT2D eigenvalue weighted by Crippen LogP contribution is 2.38. The summed E-state index contributed by atoms with van der Waals surface area (Å²) in [4.78, 5) is 39.3. The van der Waals surface area contributed by atoms with Crippen LogP contribution in [0.5, 0.6) is 0 Å². The van der Waals surface area contributed by atoms with Gasteiger partial charge >= 0.3 is 6.03 Å². The monoisotopic (exact) mass is 265 g/mol. The van der Waals surface area contributed by atoms with Crippen LogP contribution in [0.2, 0.25) is 0 Å². The Morgan fingerprint density at radius 3 is 2.58 bits per heavy atom. The van der Waals surface area contributed by atoms with Crippen LogP contribution in [0.3, 0.4) is 0 Å². The number of rotatable bonds is 3. The minimum atomic E-state index is -0.753. The molecule has 0 aromatic heterocycles. The van der Waals surface area contributed by atoms with E-state index in [1.54, 1.807) is 11.9 Å². The first-order valence-corrected chi connectivity index (χ1v) is 6.93. The van der Waals surface area contributed by atoms with E-state index in [4.69, 9.17) is 0 Å². The van der Waals surface area contributed by atoms with Crippen molar-refractivity contribution >= 4 is 17.8 Å². The second kappa shape index (κ2) is 4.21. The van der Waals surface area contributed by atoms with Crippen LogP contribution in [0.25, 0.3) is 0 Å². The lowest BCUT2D eigenvalue weighted by atomic mass is 9.96. The van der Waals surface area contributed by atoms with E-state index in [1.165, 1.54) is 4.90 Å². The largest absolute Gasteiger partial charge is 0.341 e. The van der Waals surface area contributed by atoms with Gasteiger partial charge in [0, 0.05) is 13.1 Å². The molecule has 0 radical (unpaired) electrons. The summed E-state index contributed by atoms with van der Waals surface area (Å²) in [6, 6.07) is -0.0853. The molecule has 0 bridgehead atoms. The second-order valence-corrected chi connectivity index (χ2v) is 5.82. The summed E-state index contributed by atoms with van der Waals surface area (Å²) >= 11 is 0. The molecule has 0 atom stereocenters. The fourth-order valence-electron chi connectivity index (χ4n) is 3.19. The number of imide groups is 1. The average molecular weight is 265 g/mol. The SMILES string of the molecule is CN(C(=O)CN1C(=O)NC(=O)C12CCCC2)C1CC1. The molecule has 104 valence electrons. The lowest BCUT2D eigenvalue weighted by Gasteiger charge is -2.32. The number of nitrogens with one attached hydrogen (secondary N) is 1. The molecule has 0 aromatic rings. The third-order valence-electron chi connectivity index (χ3n) is 4.62. The molecule has 19 heavy (non-hydrogen) atoms. The van der Waals surface area contributed by atoms with Gasteiger partial charge in [-0.25, -0.2) is 4.79 Å². The summed E-state index contributed by atoms with van der Waals surface area (Å²) < 4.78 is 0. The first kappa shape index (κ1) is 12.4. The van der Waals surface area contributed by atoms with E-state index in [0.29, 0.717) is 18.9 Å². The Morgan fingerprint density at radius 2 is 2.00 bits per heavy atom. The van der Waals surface area contributed by atoms with Crippen LogP contribution in [0, 0.1) is 0 Å². The third-order valence-corrected chi connectivity index (χ3v) is 4.62. The van der Waals surface area contributed by atoms with E-state index in [-0.39, 0.29) is 18.4 Å². The number of carbonyl (C=O) groups is 3. The van der Waals surface area contributed by atoms with Crippen LogP contribution < -0.4 is 5.32 Å². The molecule has 3 aliphatic rings. The predicted molar refractivity (Wildman–Crippen MR) is 67.2 cm³/mol. The molecular weight excluding hydrogens is 246 g/mol. The summed E-state index contributed by atoms with van der Waals surface area (Å²) in [7, 11) is 1.77. The van der Waals surface area contributed by atoms with E-state index >= 15 is 0 Å². The van der Waals surface area contributed by atoms with Crippen LogP contribution >= 0.6 is 0 Å². The van der Waals surface area contributed by atoms with E-state index in [9.17, 15) is 14.4 Å². The Hall–Kier alpha value is -1.59. The number of nitrogens with zero attached hydrogens (tertiary/aromatic N) is 2. The fraction of sp³-hybridized carbons (Fsp3) is 0.769. The van der Waals surface area contributed by atoms with E-state index in [1.807, 2.05) is 0 Å². The van der Waals surface area contributed by atoms with Crippen LogP contribution in [0.4, 0.5) is 4.79 Å². The third kappa shape index (κ3) is 1.89. The Morgan fingerprint density at radius 1 is 1.37 bits per heavy atom. The lowest BCUT2D eigenvalue weighted by molar-refractivity contribution is -0.133. The quantitative estimate of drug-likeness (QED) is 0.754. The van der Waals surface area contributed by atoms with Gasteiger partial charge in [0.15, 0.2) is 0 Å². The topological polar surface area (TPSA) is 69.7 Å². The molecule has 6 nitrogen and oxygen atoms in total. The first-order valence-electron chi connectivity index (χ1n) is 6.93. The Labute approximate surface area is 112 Å². The molecule has 3 fully saturated rings. The smallest absolute Gasteiger partial charge is 0.325 e. The molecule has 0 aromatic carbocycles. The maximum atomic E-state index is 12.2. The van der Waals surface area contributed by atoms with Gasteiger partial charge in [-0.3, -0.25) is 14.9 Å². The minimum Gasteiger partial charge on any atom is -0.341 e. The zero-order valence-electron chi connectivity index (χ0n) is 11.1. The van der Waals surface area contributed by atoms with Crippen LogP contribution in [0.15, 0.2) is 0 Å². The van der Waals surface area contributed by atoms with Crippen LogP contribution in [-0.4, -0.2) is 52.8 Å². The van der Waals surface area contributed by atoms with Crippen molar-refractivity contribution < 1.29 is 14.4 Å². The molecule has 3 rings (SSSR count). The fourth-order valence-corrected chi connectivity index (χ4v) is 3.19. The lowest BCUT2D eigenvalue weighted by Crippen LogP contribution is -2.51. The minimum absolute atomic E-state index is 0.0184. The van der Waals surface area contributed by atoms with Gasteiger partial charge in [-0.2, -0.15) is 0 Å². The predicted octanol–water partition coefficient (Wildman–Crippen LogP) is 0.472. The molecule has 6 heteroatoms. The van der Waals surface area contributed by atoms with Crippen molar-refractivity contribution in [3.8, 4) is 0 Å². The molecule has 1 aliphatic heterocycles. The van der Waals surface area contributed by atoms with Crippen molar-refractivity contribution in [1.29, 1.82) is 0 Å². The van der Waals surface area contributed by atoms with Gasteiger partial charge in [-0.15, -0.1) is 0 Å². The van der Waals surface area contributed by atoms with Gasteiger partial charge in [-0.1, -0.05) is 12.8 Å². The summed E-state index contributed by atoms with van der Waals surface area (Å²) in [5.74, 6) is -0.296. The molecule has 1 saturated heterocycles. The van der Waals surface area contributed by atoms with E-state index in [0.717, 1.165) is 25.7 Å². The molecule has 2 aliphatic carbocycles. The number of amides is 4. The van der Waals surface area contributed by atoms with Gasteiger partial charge in [0.1, 0.15) is 12.1 Å². The van der Waals surface area contributed by atoms with E-state index in [2.05, 4.69) is 5.32 Å². The molecule has 4 amide bonds. The summed E-state index contributed by atoms with van der Waals surface area (Å²) in [5.41, 5.74) is -0.753. The molecule has 1 heterocycles. The summed E-state index contributed by atoms with van der Waals surface area (Å²) in [5, 5.41) is 2.37. The van der Waals surface area contributed by atoms with Gasteiger partial charge in [0.25, 0.3) is 5.91 Å². The highest BCUT2D eigenvalue weighted by Gasteiger charge is 2.54. The number of likely N-dealkylation sites (N-methyl/N-ethyl adjacent to an activating group) is 1. The summed E-state index contributed by atoms with van der Waals surface area (Å²) in [6.07, 6.45) is 5.29. The standard InChI is InChI=1S/C13H19N3O3/c1-15(9-4-5-9)10(17)8-16-12(19)14-11(18)13(16)6-2-3-7-13/h9H,2-8H2,1H3,(H,14,18,19). The van der Waals surface area contributed by atoms with Crippen molar-refractivity contribution in [3.05, 3.63) is 0 Å².